The van der Waals surface area contributed by atoms with Crippen LogP contribution in [-0.4, -0.2) is 23.1 Å². The van der Waals surface area contributed by atoms with Gasteiger partial charge in [-0.1, -0.05) is 12.1 Å². The van der Waals surface area contributed by atoms with Crippen molar-refractivity contribution in [3.63, 3.8) is 0 Å². The summed E-state index contributed by atoms with van der Waals surface area (Å²) >= 11 is 0. The first-order valence-electron chi connectivity index (χ1n) is 6.50. The van der Waals surface area contributed by atoms with Crippen LogP contribution in [0.25, 0.3) is 0 Å². The second-order valence-electron chi connectivity index (χ2n) is 4.93. The van der Waals surface area contributed by atoms with Crippen LogP contribution in [-0.2, 0) is 0 Å². The van der Waals surface area contributed by atoms with Crippen LogP contribution in [0.5, 0.6) is 5.75 Å². The number of ether oxygens (including phenoxy) is 1. The molecule has 1 aliphatic rings. The third-order valence-corrected chi connectivity index (χ3v) is 3.62. The Bertz CT molecular complexity index is 638. The molecule has 0 saturated carbocycles. The number of fused-ring (bicyclic) bond motifs is 1. The summed E-state index contributed by atoms with van der Waals surface area (Å²) in [5, 5.41) is 6.87. The summed E-state index contributed by atoms with van der Waals surface area (Å²) in [6.07, 6.45) is -3.07. The van der Waals surface area contributed by atoms with Gasteiger partial charge in [0.05, 0.1) is 19.3 Å². The minimum atomic E-state index is -4.33. The van der Waals surface area contributed by atoms with E-state index in [1.54, 1.807) is 30.3 Å². The average molecular weight is 297 g/mol. The molecule has 0 bridgehead atoms. The Kier molecular flexibility index (Phi) is 3.27. The molecule has 1 aromatic carbocycles. The topological polar surface area (TPSA) is 39.1 Å². The fraction of sp³-hybridized carbons (Fsp3) is 0.357. The molecule has 0 unspecified atom stereocenters. The first-order chi connectivity index (χ1) is 9.99. The van der Waals surface area contributed by atoms with Gasteiger partial charge in [0.15, 0.2) is 6.04 Å². The van der Waals surface area contributed by atoms with Gasteiger partial charge in [-0.3, -0.25) is 0 Å². The number of hydrogen-bond donors (Lipinski definition) is 1. The average Bonchev–Trinajstić information content (AvgIpc) is 2.93. The number of hydrogen-bond acceptors (Lipinski definition) is 3. The highest BCUT2D eigenvalue weighted by Crippen LogP contribution is 2.43. The number of aromatic nitrogens is 2. The van der Waals surface area contributed by atoms with E-state index in [4.69, 9.17) is 4.74 Å². The van der Waals surface area contributed by atoms with Crippen LogP contribution >= 0.6 is 0 Å². The summed E-state index contributed by atoms with van der Waals surface area (Å²) < 4.78 is 45.8. The zero-order valence-electron chi connectivity index (χ0n) is 11.3. The third-order valence-electron chi connectivity index (χ3n) is 3.62. The smallest absolute Gasteiger partial charge is 0.410 e. The van der Waals surface area contributed by atoms with E-state index in [9.17, 15) is 13.2 Å². The number of nitrogens with zero attached hydrogens (tertiary/aromatic N) is 2. The van der Waals surface area contributed by atoms with Gasteiger partial charge in [-0.05, 0) is 17.7 Å². The first-order valence-corrected chi connectivity index (χ1v) is 6.50. The van der Waals surface area contributed by atoms with Crippen LogP contribution in [0.1, 0.15) is 24.1 Å². The van der Waals surface area contributed by atoms with E-state index >= 15 is 0 Å². The number of anilines is 1. The van der Waals surface area contributed by atoms with Crippen molar-refractivity contribution in [2.75, 3.05) is 12.4 Å². The summed E-state index contributed by atoms with van der Waals surface area (Å²) in [7, 11) is 1.53. The molecule has 1 aliphatic heterocycles. The van der Waals surface area contributed by atoms with Crippen LogP contribution in [0.3, 0.4) is 0 Å². The zero-order chi connectivity index (χ0) is 15.0. The fourth-order valence-corrected chi connectivity index (χ4v) is 2.59. The first kappa shape index (κ1) is 13.8. The Morgan fingerprint density at radius 2 is 2.14 bits per heavy atom. The lowest BCUT2D eigenvalue weighted by Crippen LogP contribution is -2.35. The number of alkyl halides is 3. The lowest BCUT2D eigenvalue weighted by atomic mass is 9.97. The molecule has 0 aliphatic carbocycles. The number of halogens is 3. The van der Waals surface area contributed by atoms with E-state index in [2.05, 4.69) is 10.4 Å². The number of methoxy groups -OCH3 is 1. The van der Waals surface area contributed by atoms with Gasteiger partial charge in [0.1, 0.15) is 11.6 Å². The van der Waals surface area contributed by atoms with Gasteiger partial charge in [-0.25, -0.2) is 4.68 Å². The predicted molar refractivity (Wildman–Crippen MR) is 71.3 cm³/mol. The van der Waals surface area contributed by atoms with E-state index in [-0.39, 0.29) is 6.42 Å². The molecule has 2 heterocycles. The molecule has 0 amide bonds. The summed E-state index contributed by atoms with van der Waals surface area (Å²) in [5.41, 5.74) is 0.760. The van der Waals surface area contributed by atoms with Crippen molar-refractivity contribution in [1.82, 2.24) is 9.78 Å². The quantitative estimate of drug-likeness (QED) is 0.921. The molecule has 2 atom stereocenters. The molecule has 2 aromatic rings. The molecular formula is C14H14F3N3O. The Morgan fingerprint density at radius 3 is 2.86 bits per heavy atom. The van der Waals surface area contributed by atoms with Crippen molar-refractivity contribution in [2.45, 2.75) is 24.7 Å². The summed E-state index contributed by atoms with van der Waals surface area (Å²) in [5.74, 6) is 0.994. The second kappa shape index (κ2) is 4.98. The lowest BCUT2D eigenvalue weighted by molar-refractivity contribution is -0.173. The molecule has 21 heavy (non-hydrogen) atoms. The molecule has 0 saturated heterocycles. The van der Waals surface area contributed by atoms with Gasteiger partial charge in [0.2, 0.25) is 0 Å². The number of benzene rings is 1. The molecule has 4 nitrogen and oxygen atoms in total. The maximum absolute atomic E-state index is 13.2. The molecule has 3 rings (SSSR count). The molecular weight excluding hydrogens is 283 g/mol. The molecule has 0 radical (unpaired) electrons. The van der Waals surface area contributed by atoms with Crippen LogP contribution in [0.4, 0.5) is 19.0 Å². The van der Waals surface area contributed by atoms with E-state index in [0.717, 1.165) is 10.2 Å². The van der Waals surface area contributed by atoms with E-state index < -0.39 is 18.3 Å². The predicted octanol–water partition coefficient (Wildman–Crippen LogP) is 3.55. The Balaban J connectivity index is 1.96. The zero-order valence-corrected chi connectivity index (χ0v) is 11.3. The van der Waals surface area contributed by atoms with E-state index in [1.165, 1.54) is 13.3 Å². The highest BCUT2D eigenvalue weighted by molar-refractivity contribution is 5.43. The van der Waals surface area contributed by atoms with Crippen molar-refractivity contribution in [1.29, 1.82) is 0 Å². The monoisotopic (exact) mass is 297 g/mol. The van der Waals surface area contributed by atoms with Gasteiger partial charge in [0, 0.05) is 12.5 Å². The summed E-state index contributed by atoms with van der Waals surface area (Å²) in [4.78, 5) is 0. The van der Waals surface area contributed by atoms with Gasteiger partial charge >= 0.3 is 6.18 Å². The van der Waals surface area contributed by atoms with Gasteiger partial charge in [-0.15, -0.1) is 0 Å². The highest BCUT2D eigenvalue weighted by atomic mass is 19.4. The fourth-order valence-electron chi connectivity index (χ4n) is 2.59. The normalized spacial score (nSPS) is 21.5. The maximum Gasteiger partial charge on any atom is 0.410 e. The Morgan fingerprint density at radius 1 is 1.33 bits per heavy atom. The van der Waals surface area contributed by atoms with Gasteiger partial charge < -0.3 is 10.1 Å². The molecule has 7 heteroatoms. The van der Waals surface area contributed by atoms with Crippen LogP contribution in [0, 0.1) is 0 Å². The van der Waals surface area contributed by atoms with Crippen molar-refractivity contribution < 1.29 is 17.9 Å². The molecule has 1 N–H and O–H groups in total. The molecule has 112 valence electrons. The van der Waals surface area contributed by atoms with E-state index in [1.807, 2.05) is 0 Å². The molecule has 1 aromatic heterocycles. The third kappa shape index (κ3) is 2.55. The molecule has 0 fully saturated rings. The number of rotatable bonds is 2. The van der Waals surface area contributed by atoms with Crippen molar-refractivity contribution in [2.24, 2.45) is 0 Å². The lowest BCUT2D eigenvalue weighted by Gasteiger charge is -2.33. The second-order valence-corrected chi connectivity index (χ2v) is 4.93. The minimum Gasteiger partial charge on any atom is -0.497 e. The van der Waals surface area contributed by atoms with Crippen LogP contribution in [0.2, 0.25) is 0 Å². The van der Waals surface area contributed by atoms with Gasteiger partial charge in [0.25, 0.3) is 0 Å². The van der Waals surface area contributed by atoms with Crippen molar-refractivity contribution in [3.05, 3.63) is 42.1 Å². The Hall–Kier alpha value is -2.18. The summed E-state index contributed by atoms with van der Waals surface area (Å²) in [6, 6.07) is 6.56. The maximum atomic E-state index is 13.2. The summed E-state index contributed by atoms with van der Waals surface area (Å²) in [6.45, 7) is 0. The van der Waals surface area contributed by atoms with Crippen LogP contribution in [0.15, 0.2) is 36.5 Å². The highest BCUT2D eigenvalue weighted by Gasteiger charge is 2.46. The van der Waals surface area contributed by atoms with E-state index in [0.29, 0.717) is 11.6 Å². The standard InChI is InChI=1S/C14H14F3N3O/c1-21-10-4-2-3-9(7-10)11-8-12(14(15,16)17)20-13(19-11)5-6-18-20/h2-7,11-12,19H,8H2,1H3/t11-,12+/m0/s1. The largest absolute Gasteiger partial charge is 0.497 e. The van der Waals surface area contributed by atoms with Gasteiger partial charge in [-0.2, -0.15) is 18.3 Å². The minimum absolute atomic E-state index is 0.106. The van der Waals surface area contributed by atoms with Crippen LogP contribution < -0.4 is 10.1 Å². The molecule has 0 spiro atoms. The van der Waals surface area contributed by atoms with Crippen molar-refractivity contribution >= 4 is 5.82 Å². The van der Waals surface area contributed by atoms with Crippen molar-refractivity contribution in [3.8, 4) is 5.75 Å². The number of nitrogens with one attached hydrogen (secondary N) is 1. The Labute approximate surface area is 119 Å². The SMILES string of the molecule is COc1cccc([C@@H]2C[C@H](C(F)(F)F)n3nccc3N2)c1.